The number of quaternary nitrogens is 1. The van der Waals surface area contributed by atoms with E-state index in [2.05, 4.69) is 37.6 Å². The maximum Gasteiger partial charge on any atom is 0.143 e. The SMILES string of the molecule is [NH3+]c1cc(Cl)c(Br)cc1Br. The van der Waals surface area contributed by atoms with E-state index in [1.54, 1.807) is 6.07 Å². The number of hydrogen-bond acceptors (Lipinski definition) is 0. The zero-order valence-corrected chi connectivity index (χ0v) is 8.92. The van der Waals surface area contributed by atoms with Gasteiger partial charge in [-0.2, -0.15) is 0 Å². The van der Waals surface area contributed by atoms with Gasteiger partial charge in [-0.25, -0.2) is 0 Å². The maximum absolute atomic E-state index is 5.78. The van der Waals surface area contributed by atoms with Gasteiger partial charge in [0, 0.05) is 10.5 Å². The van der Waals surface area contributed by atoms with Crippen molar-refractivity contribution in [3.05, 3.63) is 26.1 Å². The average molecular weight is 286 g/mol. The van der Waals surface area contributed by atoms with Crippen molar-refractivity contribution in [2.75, 3.05) is 0 Å². The molecule has 0 atom stereocenters. The molecule has 1 aromatic rings. The molecule has 0 aromatic heterocycles. The molecule has 10 heavy (non-hydrogen) atoms. The van der Waals surface area contributed by atoms with E-state index < -0.39 is 0 Å². The second kappa shape index (κ2) is 3.22. The van der Waals surface area contributed by atoms with E-state index >= 15 is 0 Å². The van der Waals surface area contributed by atoms with Crippen LogP contribution >= 0.6 is 43.5 Å². The van der Waals surface area contributed by atoms with E-state index in [9.17, 15) is 0 Å². The first-order valence-electron chi connectivity index (χ1n) is 2.58. The third kappa shape index (κ3) is 1.72. The molecule has 0 aliphatic rings. The zero-order valence-electron chi connectivity index (χ0n) is 5.00. The van der Waals surface area contributed by atoms with Crippen molar-refractivity contribution in [3.8, 4) is 0 Å². The number of rotatable bonds is 0. The molecule has 0 bridgehead atoms. The highest BCUT2D eigenvalue weighted by molar-refractivity contribution is 9.11. The highest BCUT2D eigenvalue weighted by Crippen LogP contribution is 2.29. The third-order valence-electron chi connectivity index (χ3n) is 1.09. The summed E-state index contributed by atoms with van der Waals surface area (Å²) in [7, 11) is 0. The lowest BCUT2D eigenvalue weighted by Crippen LogP contribution is -2.40. The smallest absolute Gasteiger partial charge is 0.143 e. The van der Waals surface area contributed by atoms with Crippen LogP contribution in [0.15, 0.2) is 21.1 Å². The van der Waals surface area contributed by atoms with Gasteiger partial charge in [-0.3, -0.25) is 0 Å². The summed E-state index contributed by atoms with van der Waals surface area (Å²) in [5.74, 6) is 0. The fraction of sp³-hybridized carbons (Fsp3) is 0. The molecule has 0 spiro atoms. The molecular formula is C6H5Br2ClN+. The molecule has 4 heteroatoms. The van der Waals surface area contributed by atoms with Crippen molar-refractivity contribution in [2.24, 2.45) is 0 Å². The van der Waals surface area contributed by atoms with Gasteiger partial charge in [0.25, 0.3) is 0 Å². The first-order valence-corrected chi connectivity index (χ1v) is 4.54. The van der Waals surface area contributed by atoms with E-state index in [0.29, 0.717) is 5.02 Å². The van der Waals surface area contributed by atoms with Crippen molar-refractivity contribution < 1.29 is 5.73 Å². The van der Waals surface area contributed by atoms with Gasteiger partial charge in [0.05, 0.1) is 9.50 Å². The van der Waals surface area contributed by atoms with Crippen LogP contribution in [0.3, 0.4) is 0 Å². The first-order chi connectivity index (χ1) is 4.61. The van der Waals surface area contributed by atoms with Crippen LogP contribution in [0.5, 0.6) is 0 Å². The molecule has 0 saturated carbocycles. The van der Waals surface area contributed by atoms with Gasteiger partial charge >= 0.3 is 0 Å². The van der Waals surface area contributed by atoms with Gasteiger partial charge in [-0.05, 0) is 37.9 Å². The summed E-state index contributed by atoms with van der Waals surface area (Å²) in [6.45, 7) is 0. The minimum absolute atomic E-state index is 0.688. The Bertz CT molecular complexity index is 212. The van der Waals surface area contributed by atoms with E-state index in [1.807, 2.05) is 6.07 Å². The lowest BCUT2D eigenvalue weighted by molar-refractivity contribution is -0.255. The first kappa shape index (κ1) is 8.53. The molecule has 3 N–H and O–H groups in total. The maximum atomic E-state index is 5.78. The summed E-state index contributed by atoms with van der Waals surface area (Å²) in [5.41, 5.74) is 4.67. The summed E-state index contributed by atoms with van der Waals surface area (Å²) >= 11 is 12.4. The highest BCUT2D eigenvalue weighted by atomic mass is 79.9. The predicted molar refractivity (Wildman–Crippen MR) is 49.4 cm³/mol. The van der Waals surface area contributed by atoms with Gasteiger partial charge < -0.3 is 5.73 Å². The standard InChI is InChI=1S/C6H4Br2ClN/c7-3-1-4(8)6(10)2-5(3)9/h1-2H,10H2/p+1. The van der Waals surface area contributed by atoms with Crippen molar-refractivity contribution in [1.29, 1.82) is 0 Å². The number of benzene rings is 1. The van der Waals surface area contributed by atoms with Crippen molar-refractivity contribution >= 4 is 49.1 Å². The Kier molecular flexibility index (Phi) is 2.74. The molecule has 54 valence electrons. The Hall–Kier alpha value is 0.430. The van der Waals surface area contributed by atoms with Gasteiger partial charge in [0.15, 0.2) is 0 Å². The quantitative estimate of drug-likeness (QED) is 0.710. The van der Waals surface area contributed by atoms with E-state index in [-0.39, 0.29) is 0 Å². The second-order valence-corrected chi connectivity index (χ2v) is 3.97. The summed E-state index contributed by atoms with van der Waals surface area (Å²) in [6.07, 6.45) is 0. The lowest BCUT2D eigenvalue weighted by Gasteiger charge is -1.96. The molecule has 0 radical (unpaired) electrons. The molecule has 1 nitrogen and oxygen atoms in total. The van der Waals surface area contributed by atoms with Crippen LogP contribution < -0.4 is 5.73 Å². The summed E-state index contributed by atoms with van der Waals surface area (Å²) < 4.78 is 1.84. The van der Waals surface area contributed by atoms with Crippen LogP contribution in [0.25, 0.3) is 0 Å². The minimum Gasteiger partial charge on any atom is -0.324 e. The van der Waals surface area contributed by atoms with Gasteiger partial charge in [-0.1, -0.05) is 11.6 Å². The normalized spacial score (nSPS) is 10.0. The van der Waals surface area contributed by atoms with Gasteiger partial charge in [0.2, 0.25) is 0 Å². The fourth-order valence-corrected chi connectivity index (χ4v) is 1.74. The number of hydrogen-bond donors (Lipinski definition) is 1. The van der Waals surface area contributed by atoms with Crippen molar-refractivity contribution in [3.63, 3.8) is 0 Å². The summed E-state index contributed by atoms with van der Waals surface area (Å²) in [6, 6.07) is 3.68. The molecule has 0 heterocycles. The number of halogens is 3. The topological polar surface area (TPSA) is 27.6 Å². The van der Waals surface area contributed by atoms with E-state index in [4.69, 9.17) is 11.6 Å². The molecular weight excluding hydrogens is 281 g/mol. The van der Waals surface area contributed by atoms with E-state index in [1.165, 1.54) is 0 Å². The minimum atomic E-state index is 0.688. The Morgan fingerprint density at radius 1 is 1.20 bits per heavy atom. The predicted octanol–water partition coefficient (Wildman–Crippen LogP) is 2.74. The van der Waals surface area contributed by atoms with Crippen LogP contribution in [0.4, 0.5) is 5.69 Å². The monoisotopic (exact) mass is 284 g/mol. The molecule has 0 aliphatic heterocycles. The largest absolute Gasteiger partial charge is 0.324 e. The Morgan fingerprint density at radius 3 is 2.30 bits per heavy atom. The van der Waals surface area contributed by atoms with Crippen LogP contribution in [0.1, 0.15) is 0 Å². The lowest BCUT2D eigenvalue weighted by atomic mass is 10.3. The molecule has 0 saturated heterocycles. The van der Waals surface area contributed by atoms with Crippen LogP contribution in [0.2, 0.25) is 5.02 Å². The van der Waals surface area contributed by atoms with Crippen LogP contribution in [-0.4, -0.2) is 0 Å². The Morgan fingerprint density at radius 2 is 1.80 bits per heavy atom. The molecule has 0 unspecified atom stereocenters. The average Bonchev–Trinajstić information content (AvgIpc) is 1.84. The van der Waals surface area contributed by atoms with Crippen molar-refractivity contribution in [1.82, 2.24) is 0 Å². The molecule has 1 aromatic carbocycles. The van der Waals surface area contributed by atoms with Crippen molar-refractivity contribution in [2.45, 2.75) is 0 Å². The van der Waals surface area contributed by atoms with Gasteiger partial charge in [-0.15, -0.1) is 0 Å². The summed E-state index contributed by atoms with van der Waals surface area (Å²) in [5, 5.41) is 0.688. The Balaban J connectivity index is 3.28. The highest BCUT2D eigenvalue weighted by Gasteiger charge is 2.03. The van der Waals surface area contributed by atoms with E-state index in [0.717, 1.165) is 14.6 Å². The summed E-state index contributed by atoms with van der Waals surface area (Å²) in [4.78, 5) is 0. The zero-order chi connectivity index (χ0) is 7.72. The fourth-order valence-electron chi connectivity index (χ4n) is 0.564. The van der Waals surface area contributed by atoms with Crippen LogP contribution in [-0.2, 0) is 0 Å². The Labute approximate surface area is 80.8 Å². The third-order valence-corrected chi connectivity index (χ3v) is 3.02. The second-order valence-electron chi connectivity index (χ2n) is 1.86. The van der Waals surface area contributed by atoms with Crippen LogP contribution in [0, 0.1) is 0 Å². The molecule has 0 amide bonds. The molecule has 0 aliphatic carbocycles. The molecule has 1 rings (SSSR count). The molecule has 0 fully saturated rings. The van der Waals surface area contributed by atoms with Gasteiger partial charge in [0.1, 0.15) is 5.69 Å².